The molecule has 0 unspecified atom stereocenters. The Balaban J connectivity index is 3.41. The molecule has 2 N–H and O–H groups in total. The van der Waals surface area contributed by atoms with E-state index in [-0.39, 0.29) is 23.4 Å². The average molecular weight is 302 g/mol. The number of nitrogens with zero attached hydrogens (tertiary/aromatic N) is 1. The first kappa shape index (κ1) is 17.1. The van der Waals surface area contributed by atoms with Crippen molar-refractivity contribution in [2.24, 2.45) is 0 Å². The molecule has 6 heteroatoms. The lowest BCUT2D eigenvalue weighted by Crippen LogP contribution is -2.16. The molecule has 0 aliphatic heterocycles. The van der Waals surface area contributed by atoms with Crippen LogP contribution in [0, 0.1) is 5.82 Å². The number of nitrogens with two attached hydrogens (primary N) is 1. The molecule has 1 aromatic rings. The molecule has 116 valence electrons. The van der Waals surface area contributed by atoms with Gasteiger partial charge >= 0.3 is 6.18 Å². The number of allylic oxidation sites excluding steroid dienone is 3. The Labute approximate surface area is 121 Å². The van der Waals surface area contributed by atoms with Crippen LogP contribution in [-0.2, 0) is 0 Å². The van der Waals surface area contributed by atoms with Crippen LogP contribution >= 0.6 is 0 Å². The number of nitrogen functional groups attached to an aromatic ring is 1. The van der Waals surface area contributed by atoms with E-state index in [1.54, 1.807) is 21.0 Å². The van der Waals surface area contributed by atoms with Gasteiger partial charge in [0.2, 0.25) is 0 Å². The highest BCUT2D eigenvalue weighted by Gasteiger charge is 2.32. The highest BCUT2D eigenvalue weighted by molar-refractivity contribution is 5.68. The molecule has 0 bridgehead atoms. The van der Waals surface area contributed by atoms with Crippen molar-refractivity contribution in [1.29, 1.82) is 0 Å². The van der Waals surface area contributed by atoms with Crippen LogP contribution in [0.3, 0.4) is 0 Å². The maximum atomic E-state index is 13.9. The summed E-state index contributed by atoms with van der Waals surface area (Å²) in [6.45, 7) is 1.61. The number of rotatable bonds is 4. The number of anilines is 1. The van der Waals surface area contributed by atoms with E-state index in [2.05, 4.69) is 0 Å². The quantitative estimate of drug-likeness (QED) is 0.513. The molecule has 0 aliphatic carbocycles. The molecule has 0 heterocycles. The monoisotopic (exact) mass is 302 g/mol. The summed E-state index contributed by atoms with van der Waals surface area (Å²) in [5.74, 6) is -0.659. The minimum Gasteiger partial charge on any atom is -0.399 e. The molecule has 1 rings (SSSR count). The molecule has 0 spiro atoms. The Morgan fingerprint density at radius 1 is 1.29 bits per heavy atom. The van der Waals surface area contributed by atoms with Gasteiger partial charge in [-0.2, -0.15) is 13.2 Å². The molecule has 0 aliphatic rings. The first-order valence-corrected chi connectivity index (χ1v) is 6.38. The van der Waals surface area contributed by atoms with Gasteiger partial charge in [-0.3, -0.25) is 0 Å². The number of halogens is 4. The molecule has 0 radical (unpaired) electrons. The molecule has 1 aromatic carbocycles. The van der Waals surface area contributed by atoms with Crippen molar-refractivity contribution in [1.82, 2.24) is 4.90 Å². The van der Waals surface area contributed by atoms with Crippen LogP contribution in [0.25, 0.3) is 5.70 Å². The predicted molar refractivity (Wildman–Crippen MR) is 76.9 cm³/mol. The molecular weight excluding hydrogens is 284 g/mol. The first-order chi connectivity index (χ1) is 9.66. The molecule has 0 amide bonds. The standard InChI is InChI=1S/C15H18F4N2/c1-4-5-10(15(17,18)19)8-14(21(2)3)12-7-6-11(20)9-13(12)16/h5-9H,4,20H2,1-3H3. The highest BCUT2D eigenvalue weighted by Crippen LogP contribution is 2.31. The van der Waals surface area contributed by atoms with E-state index in [1.165, 1.54) is 17.0 Å². The molecule has 2 nitrogen and oxygen atoms in total. The van der Waals surface area contributed by atoms with E-state index >= 15 is 0 Å². The van der Waals surface area contributed by atoms with Gasteiger partial charge in [0.05, 0.1) is 5.57 Å². The summed E-state index contributed by atoms with van der Waals surface area (Å²) in [6, 6.07) is 3.91. The molecule has 0 saturated carbocycles. The van der Waals surface area contributed by atoms with E-state index in [4.69, 9.17) is 5.73 Å². The first-order valence-electron chi connectivity index (χ1n) is 6.38. The van der Waals surface area contributed by atoms with Gasteiger partial charge in [-0.05, 0) is 30.7 Å². The lowest BCUT2D eigenvalue weighted by molar-refractivity contribution is -0.0884. The van der Waals surface area contributed by atoms with Crippen molar-refractivity contribution >= 4 is 11.4 Å². The Morgan fingerprint density at radius 3 is 2.33 bits per heavy atom. The zero-order valence-electron chi connectivity index (χ0n) is 12.1. The number of benzene rings is 1. The summed E-state index contributed by atoms with van der Waals surface area (Å²) in [6.07, 6.45) is -2.24. The van der Waals surface area contributed by atoms with Crippen LogP contribution in [0.1, 0.15) is 18.9 Å². The van der Waals surface area contributed by atoms with Crippen LogP contribution in [-0.4, -0.2) is 25.2 Å². The second-order valence-electron chi connectivity index (χ2n) is 4.73. The van der Waals surface area contributed by atoms with Crippen molar-refractivity contribution < 1.29 is 17.6 Å². The van der Waals surface area contributed by atoms with Gasteiger partial charge in [-0.25, -0.2) is 4.39 Å². The molecule has 0 saturated heterocycles. The second-order valence-corrected chi connectivity index (χ2v) is 4.73. The summed E-state index contributed by atoms with van der Waals surface area (Å²) in [7, 11) is 3.11. The molecule has 21 heavy (non-hydrogen) atoms. The van der Waals surface area contributed by atoms with Gasteiger partial charge in [-0.15, -0.1) is 0 Å². The third-order valence-corrected chi connectivity index (χ3v) is 2.79. The number of hydrogen-bond acceptors (Lipinski definition) is 2. The van der Waals surface area contributed by atoms with E-state index in [0.717, 1.165) is 18.2 Å². The predicted octanol–water partition coefficient (Wildman–Crippen LogP) is 4.21. The van der Waals surface area contributed by atoms with Crippen molar-refractivity contribution in [2.75, 3.05) is 19.8 Å². The fourth-order valence-corrected chi connectivity index (χ4v) is 1.81. The lowest BCUT2D eigenvalue weighted by atomic mass is 10.1. The SMILES string of the molecule is CCC=C(C=C(c1ccc(N)cc1F)N(C)C)C(F)(F)F. The fraction of sp³-hybridized carbons (Fsp3) is 0.333. The Morgan fingerprint density at radius 2 is 1.90 bits per heavy atom. The van der Waals surface area contributed by atoms with E-state index in [0.29, 0.717) is 0 Å². The summed E-state index contributed by atoms with van der Waals surface area (Å²) >= 11 is 0. The maximum Gasteiger partial charge on any atom is 0.416 e. The summed E-state index contributed by atoms with van der Waals surface area (Å²) < 4.78 is 52.8. The largest absolute Gasteiger partial charge is 0.416 e. The van der Waals surface area contributed by atoms with Crippen LogP contribution < -0.4 is 5.73 Å². The summed E-state index contributed by atoms with van der Waals surface area (Å²) in [5, 5.41) is 0. The van der Waals surface area contributed by atoms with E-state index < -0.39 is 17.6 Å². The van der Waals surface area contributed by atoms with Crippen LogP contribution in [0.4, 0.5) is 23.2 Å². The van der Waals surface area contributed by atoms with E-state index in [9.17, 15) is 17.6 Å². The Kier molecular flexibility index (Phi) is 5.41. The van der Waals surface area contributed by atoms with Gasteiger partial charge in [0.25, 0.3) is 0 Å². The van der Waals surface area contributed by atoms with Crippen molar-refractivity contribution in [2.45, 2.75) is 19.5 Å². The summed E-state index contributed by atoms with van der Waals surface area (Å²) in [4.78, 5) is 1.43. The Hall–Kier alpha value is -1.98. The topological polar surface area (TPSA) is 29.3 Å². The van der Waals surface area contributed by atoms with Crippen molar-refractivity contribution in [3.8, 4) is 0 Å². The van der Waals surface area contributed by atoms with Gasteiger partial charge < -0.3 is 10.6 Å². The van der Waals surface area contributed by atoms with Gasteiger partial charge in [0, 0.05) is 31.0 Å². The lowest BCUT2D eigenvalue weighted by Gasteiger charge is -2.20. The van der Waals surface area contributed by atoms with Crippen molar-refractivity contribution in [3.05, 3.63) is 47.3 Å². The molecular formula is C15H18F4N2. The zero-order valence-corrected chi connectivity index (χ0v) is 12.1. The van der Waals surface area contributed by atoms with Crippen LogP contribution in [0.5, 0.6) is 0 Å². The zero-order chi connectivity index (χ0) is 16.2. The number of alkyl halides is 3. The molecule has 0 atom stereocenters. The maximum absolute atomic E-state index is 13.9. The smallest absolute Gasteiger partial charge is 0.399 e. The third-order valence-electron chi connectivity index (χ3n) is 2.79. The van der Waals surface area contributed by atoms with Gasteiger partial charge in [-0.1, -0.05) is 13.0 Å². The van der Waals surface area contributed by atoms with Crippen molar-refractivity contribution in [3.63, 3.8) is 0 Å². The highest BCUT2D eigenvalue weighted by atomic mass is 19.4. The number of hydrogen-bond donors (Lipinski definition) is 1. The van der Waals surface area contributed by atoms with Gasteiger partial charge in [0.15, 0.2) is 0 Å². The van der Waals surface area contributed by atoms with Gasteiger partial charge in [0.1, 0.15) is 5.82 Å². The molecule has 0 aromatic heterocycles. The van der Waals surface area contributed by atoms with E-state index in [1.807, 2.05) is 0 Å². The second kappa shape index (κ2) is 6.65. The summed E-state index contributed by atoms with van der Waals surface area (Å²) in [5.41, 5.74) is 5.07. The van der Waals surface area contributed by atoms with Crippen LogP contribution in [0.15, 0.2) is 35.9 Å². The normalized spacial score (nSPS) is 13.5. The Bertz CT molecular complexity index is 557. The van der Waals surface area contributed by atoms with Crippen LogP contribution in [0.2, 0.25) is 0 Å². The third kappa shape index (κ3) is 4.51. The minimum atomic E-state index is -4.48. The molecule has 0 fully saturated rings. The average Bonchev–Trinajstić information content (AvgIpc) is 2.33. The minimum absolute atomic E-state index is 0.0699. The fourth-order valence-electron chi connectivity index (χ4n) is 1.81.